The predicted octanol–water partition coefficient (Wildman–Crippen LogP) is 4.44. The van der Waals surface area contributed by atoms with E-state index in [2.05, 4.69) is 12.6 Å². The molecule has 0 spiro atoms. The van der Waals surface area contributed by atoms with Crippen LogP contribution in [0.1, 0.15) is 15.9 Å². The van der Waals surface area contributed by atoms with Gasteiger partial charge >= 0.3 is 0 Å². The van der Waals surface area contributed by atoms with E-state index in [9.17, 15) is 4.79 Å². The molecule has 3 heteroatoms. The lowest BCUT2D eigenvalue weighted by Crippen LogP contribution is -1.84. The molecule has 0 unspecified atom stereocenters. The summed E-state index contributed by atoms with van der Waals surface area (Å²) in [4.78, 5) is 11.1. The third kappa shape index (κ3) is 4.63. The van der Waals surface area contributed by atoms with E-state index < -0.39 is 0 Å². The van der Waals surface area contributed by atoms with Crippen molar-refractivity contribution < 1.29 is 4.79 Å². The zero-order valence-electron chi connectivity index (χ0n) is 9.43. The standard InChI is InChI=1S/C8H8OS.C6H5Cl/c1-6-3-2-4-7(5-9)8(6)10;7-6-4-2-1-3-5-6/h2-5,10H,1H3;1-5H. The van der Waals surface area contributed by atoms with Crippen LogP contribution >= 0.6 is 24.2 Å². The molecule has 17 heavy (non-hydrogen) atoms. The highest BCUT2D eigenvalue weighted by Gasteiger charge is 1.97. The van der Waals surface area contributed by atoms with Crippen molar-refractivity contribution in [2.75, 3.05) is 0 Å². The van der Waals surface area contributed by atoms with Crippen LogP contribution in [0.5, 0.6) is 0 Å². The summed E-state index contributed by atoms with van der Waals surface area (Å²) < 4.78 is 0. The van der Waals surface area contributed by atoms with Gasteiger partial charge in [0.15, 0.2) is 6.29 Å². The van der Waals surface area contributed by atoms with Gasteiger partial charge in [0.1, 0.15) is 0 Å². The van der Waals surface area contributed by atoms with Crippen LogP contribution in [0.2, 0.25) is 5.02 Å². The second-order valence-electron chi connectivity index (χ2n) is 3.43. The average molecular weight is 265 g/mol. The minimum atomic E-state index is 0.656. The fraction of sp³-hybridized carbons (Fsp3) is 0.0714. The molecule has 0 saturated carbocycles. The molecule has 0 N–H and O–H groups in total. The second kappa shape index (κ2) is 7.15. The highest BCUT2D eigenvalue weighted by molar-refractivity contribution is 7.80. The topological polar surface area (TPSA) is 17.1 Å². The first-order valence-electron chi connectivity index (χ1n) is 5.09. The molecule has 0 aliphatic carbocycles. The molecule has 1 nitrogen and oxygen atoms in total. The van der Waals surface area contributed by atoms with Gasteiger partial charge < -0.3 is 0 Å². The number of rotatable bonds is 1. The van der Waals surface area contributed by atoms with Crippen LogP contribution in [0.25, 0.3) is 0 Å². The number of aryl methyl sites for hydroxylation is 1. The molecule has 0 aliphatic heterocycles. The minimum absolute atomic E-state index is 0.656. The van der Waals surface area contributed by atoms with Crippen LogP contribution in [-0.2, 0) is 0 Å². The first-order chi connectivity index (χ1) is 8.15. The quantitative estimate of drug-likeness (QED) is 0.595. The van der Waals surface area contributed by atoms with Gasteiger partial charge in [-0.3, -0.25) is 4.79 Å². The van der Waals surface area contributed by atoms with Gasteiger partial charge in [0, 0.05) is 15.5 Å². The van der Waals surface area contributed by atoms with Crippen LogP contribution in [0, 0.1) is 6.92 Å². The molecular formula is C14H13ClOS. The van der Waals surface area contributed by atoms with Crippen LogP contribution in [0.4, 0.5) is 0 Å². The van der Waals surface area contributed by atoms with E-state index >= 15 is 0 Å². The number of benzene rings is 2. The first kappa shape index (κ1) is 13.8. The summed E-state index contributed by atoms with van der Waals surface area (Å²) in [7, 11) is 0. The molecule has 0 aromatic heterocycles. The fourth-order valence-corrected chi connectivity index (χ4v) is 1.54. The Morgan fingerprint density at radius 1 is 1.06 bits per heavy atom. The Kier molecular flexibility index (Phi) is 5.81. The van der Waals surface area contributed by atoms with E-state index in [4.69, 9.17) is 11.6 Å². The molecule has 0 amide bonds. The number of aldehydes is 1. The highest BCUT2D eigenvalue weighted by Crippen LogP contribution is 2.15. The van der Waals surface area contributed by atoms with Crippen LogP contribution < -0.4 is 0 Å². The number of hydrogen-bond acceptors (Lipinski definition) is 2. The smallest absolute Gasteiger partial charge is 0.151 e. The van der Waals surface area contributed by atoms with Crippen molar-refractivity contribution in [2.24, 2.45) is 0 Å². The van der Waals surface area contributed by atoms with Crippen molar-refractivity contribution in [3.05, 3.63) is 64.7 Å². The Morgan fingerprint density at radius 2 is 1.71 bits per heavy atom. The Morgan fingerprint density at radius 3 is 2.12 bits per heavy atom. The summed E-state index contributed by atoms with van der Waals surface area (Å²) in [6, 6.07) is 15.0. The maximum Gasteiger partial charge on any atom is 0.151 e. The molecular weight excluding hydrogens is 252 g/mol. The Balaban J connectivity index is 0.000000181. The second-order valence-corrected chi connectivity index (χ2v) is 4.31. The lowest BCUT2D eigenvalue weighted by Gasteiger charge is -1.98. The van der Waals surface area contributed by atoms with E-state index in [1.54, 1.807) is 6.07 Å². The van der Waals surface area contributed by atoms with E-state index in [-0.39, 0.29) is 0 Å². The van der Waals surface area contributed by atoms with Crippen molar-refractivity contribution in [3.8, 4) is 0 Å². The average Bonchev–Trinajstić information content (AvgIpc) is 2.34. The summed E-state index contributed by atoms with van der Waals surface area (Å²) in [5.41, 5.74) is 1.69. The zero-order chi connectivity index (χ0) is 12.7. The van der Waals surface area contributed by atoms with E-state index in [1.807, 2.05) is 49.4 Å². The van der Waals surface area contributed by atoms with Crippen molar-refractivity contribution in [2.45, 2.75) is 11.8 Å². The molecule has 0 aliphatic rings. The van der Waals surface area contributed by atoms with Crippen LogP contribution in [0.3, 0.4) is 0 Å². The van der Waals surface area contributed by atoms with Gasteiger partial charge in [-0.1, -0.05) is 48.0 Å². The molecule has 2 rings (SSSR count). The monoisotopic (exact) mass is 264 g/mol. The Bertz CT molecular complexity index is 483. The Labute approximate surface area is 112 Å². The number of hydrogen-bond donors (Lipinski definition) is 1. The van der Waals surface area contributed by atoms with Gasteiger partial charge in [0.2, 0.25) is 0 Å². The van der Waals surface area contributed by atoms with Gasteiger partial charge in [-0.15, -0.1) is 12.6 Å². The number of carbonyl (C=O) groups excluding carboxylic acids is 1. The molecule has 0 heterocycles. The number of carbonyl (C=O) groups is 1. The lowest BCUT2D eigenvalue weighted by atomic mass is 10.1. The summed E-state index contributed by atoms with van der Waals surface area (Å²) in [5, 5.41) is 0.794. The Hall–Kier alpha value is -1.25. The minimum Gasteiger partial charge on any atom is -0.298 e. The lowest BCUT2D eigenvalue weighted by molar-refractivity contribution is 0.112. The third-order valence-corrected chi connectivity index (χ3v) is 2.99. The summed E-state index contributed by atoms with van der Waals surface area (Å²) in [5.74, 6) is 0. The number of thiol groups is 1. The molecule has 2 aromatic rings. The molecule has 0 radical (unpaired) electrons. The largest absolute Gasteiger partial charge is 0.298 e. The summed E-state index contributed by atoms with van der Waals surface area (Å²) in [6.07, 6.45) is 0.815. The van der Waals surface area contributed by atoms with Gasteiger partial charge in [-0.05, 0) is 24.6 Å². The van der Waals surface area contributed by atoms with E-state index in [1.165, 1.54) is 0 Å². The maximum absolute atomic E-state index is 10.3. The third-order valence-electron chi connectivity index (χ3n) is 2.13. The maximum atomic E-state index is 10.3. The van der Waals surface area contributed by atoms with Gasteiger partial charge in [0.05, 0.1) is 0 Å². The molecule has 2 aromatic carbocycles. The van der Waals surface area contributed by atoms with Gasteiger partial charge in [-0.25, -0.2) is 0 Å². The predicted molar refractivity (Wildman–Crippen MR) is 75.3 cm³/mol. The summed E-state index contributed by atoms with van der Waals surface area (Å²) >= 11 is 9.70. The van der Waals surface area contributed by atoms with Crippen LogP contribution in [-0.4, -0.2) is 6.29 Å². The molecule has 0 atom stereocenters. The van der Waals surface area contributed by atoms with Crippen LogP contribution in [0.15, 0.2) is 53.4 Å². The van der Waals surface area contributed by atoms with Crippen molar-refractivity contribution in [1.29, 1.82) is 0 Å². The van der Waals surface area contributed by atoms with Gasteiger partial charge in [-0.2, -0.15) is 0 Å². The molecule has 0 fully saturated rings. The summed E-state index contributed by atoms with van der Waals surface area (Å²) in [6.45, 7) is 1.93. The fourth-order valence-electron chi connectivity index (χ4n) is 1.19. The number of halogens is 1. The van der Waals surface area contributed by atoms with Gasteiger partial charge in [0.25, 0.3) is 0 Å². The first-order valence-corrected chi connectivity index (χ1v) is 5.92. The van der Waals surface area contributed by atoms with Crippen molar-refractivity contribution >= 4 is 30.5 Å². The van der Waals surface area contributed by atoms with E-state index in [0.29, 0.717) is 5.56 Å². The highest BCUT2D eigenvalue weighted by atomic mass is 35.5. The molecule has 88 valence electrons. The van der Waals surface area contributed by atoms with E-state index in [0.717, 1.165) is 21.8 Å². The van der Waals surface area contributed by atoms with Crippen molar-refractivity contribution in [1.82, 2.24) is 0 Å². The normalized spacial score (nSPS) is 9.12. The van der Waals surface area contributed by atoms with Crippen molar-refractivity contribution in [3.63, 3.8) is 0 Å². The zero-order valence-corrected chi connectivity index (χ0v) is 11.1. The molecule has 0 bridgehead atoms. The molecule has 0 saturated heterocycles. The SMILES string of the molecule is Cc1cccc(C=O)c1S.Clc1ccccc1.